The topological polar surface area (TPSA) is 44.5 Å². The molecule has 0 fully saturated rings. The number of hydrogen-bond acceptors (Lipinski definition) is 4. The molecule has 54 heavy (non-hydrogen) atoms. The van der Waals surface area contributed by atoms with Crippen molar-refractivity contribution in [2.75, 3.05) is 21.7 Å². The SMILES string of the molecule is CCCCNc1ccc(N(c2ccc(C)c(C)c2)c2ccc(-c3ccc(N(c4ccc(C(N)CCC)cc4)c4ccc(C)c(C)c4)c(C)c3)cc2C)cc1. The lowest BCUT2D eigenvalue weighted by atomic mass is 9.98. The normalized spacial score (nSPS) is 11.7. The van der Waals surface area contributed by atoms with Crippen LogP contribution in [0.3, 0.4) is 0 Å². The number of anilines is 7. The van der Waals surface area contributed by atoms with Gasteiger partial charge in [0, 0.05) is 52.4 Å². The molecule has 4 nitrogen and oxygen atoms in total. The van der Waals surface area contributed by atoms with E-state index in [0.29, 0.717) is 0 Å². The molecule has 278 valence electrons. The summed E-state index contributed by atoms with van der Waals surface area (Å²) in [4.78, 5) is 4.76. The first-order valence-electron chi connectivity index (χ1n) is 19.7. The molecule has 6 aromatic carbocycles. The first-order chi connectivity index (χ1) is 26.1. The van der Waals surface area contributed by atoms with Crippen LogP contribution >= 0.6 is 0 Å². The van der Waals surface area contributed by atoms with Crippen molar-refractivity contribution in [2.45, 2.75) is 87.1 Å². The Balaban J connectivity index is 1.35. The van der Waals surface area contributed by atoms with Crippen molar-refractivity contribution in [1.82, 2.24) is 0 Å². The van der Waals surface area contributed by atoms with Crippen molar-refractivity contribution in [1.29, 1.82) is 0 Å². The predicted octanol–water partition coefficient (Wildman–Crippen LogP) is 14.2. The molecule has 0 heterocycles. The quantitative estimate of drug-likeness (QED) is 0.110. The van der Waals surface area contributed by atoms with E-state index in [0.717, 1.165) is 59.9 Å². The van der Waals surface area contributed by atoms with Crippen molar-refractivity contribution in [2.24, 2.45) is 5.73 Å². The number of nitrogens with one attached hydrogen (secondary N) is 1. The summed E-state index contributed by atoms with van der Waals surface area (Å²) in [5, 5.41) is 3.57. The van der Waals surface area contributed by atoms with Crippen LogP contribution in [0, 0.1) is 41.5 Å². The van der Waals surface area contributed by atoms with Crippen molar-refractivity contribution in [3.63, 3.8) is 0 Å². The van der Waals surface area contributed by atoms with Crippen LogP contribution in [0.5, 0.6) is 0 Å². The maximum atomic E-state index is 6.50. The smallest absolute Gasteiger partial charge is 0.0491 e. The Morgan fingerprint density at radius 2 is 0.944 bits per heavy atom. The van der Waals surface area contributed by atoms with Gasteiger partial charge in [0.05, 0.1) is 0 Å². The molecule has 0 aliphatic carbocycles. The average Bonchev–Trinajstić information content (AvgIpc) is 3.17. The molecule has 0 amide bonds. The Hall–Kier alpha value is -5.32. The number of hydrogen-bond donors (Lipinski definition) is 2. The Labute approximate surface area is 324 Å². The van der Waals surface area contributed by atoms with Crippen molar-refractivity contribution >= 4 is 39.8 Å². The maximum Gasteiger partial charge on any atom is 0.0491 e. The maximum absolute atomic E-state index is 6.50. The molecular weight excluding hydrogens is 657 g/mol. The summed E-state index contributed by atoms with van der Waals surface area (Å²) in [7, 11) is 0. The number of rotatable bonds is 14. The molecule has 0 spiro atoms. The number of benzene rings is 6. The average molecular weight is 715 g/mol. The summed E-state index contributed by atoms with van der Waals surface area (Å²) >= 11 is 0. The van der Waals surface area contributed by atoms with Gasteiger partial charge in [-0.15, -0.1) is 0 Å². The van der Waals surface area contributed by atoms with E-state index in [2.05, 4.69) is 192 Å². The summed E-state index contributed by atoms with van der Waals surface area (Å²) in [5.74, 6) is 0. The Morgan fingerprint density at radius 3 is 1.37 bits per heavy atom. The standard InChI is InChI=1S/C50H58N4/c1-9-11-29-52-43-19-25-45(26-20-43)54(47-22-14-35(4)37(6)33-47)50-28-18-42(31-39(50)8)41-17-27-49(38(7)30-41)53(46-21-13-34(3)36(5)32-46)44-23-15-40(16-24-44)48(51)12-10-2/h13-28,30-33,48,52H,9-12,29,51H2,1-8H3. The second-order valence-electron chi connectivity index (χ2n) is 15.0. The van der Waals surface area contributed by atoms with Gasteiger partial charge >= 0.3 is 0 Å². The third kappa shape index (κ3) is 8.56. The van der Waals surface area contributed by atoms with E-state index in [-0.39, 0.29) is 6.04 Å². The van der Waals surface area contributed by atoms with Crippen LogP contribution in [-0.4, -0.2) is 6.54 Å². The van der Waals surface area contributed by atoms with Crippen LogP contribution in [-0.2, 0) is 0 Å². The van der Waals surface area contributed by atoms with E-state index in [1.165, 1.54) is 62.2 Å². The van der Waals surface area contributed by atoms with Crippen LogP contribution in [0.2, 0.25) is 0 Å². The molecule has 0 saturated heterocycles. The molecule has 0 aliphatic heterocycles. The molecule has 6 rings (SSSR count). The van der Waals surface area contributed by atoms with Gasteiger partial charge < -0.3 is 20.9 Å². The highest BCUT2D eigenvalue weighted by Gasteiger charge is 2.19. The largest absolute Gasteiger partial charge is 0.385 e. The summed E-state index contributed by atoms with van der Waals surface area (Å²) in [5.41, 5.74) is 25.7. The summed E-state index contributed by atoms with van der Waals surface area (Å²) in [6.45, 7) is 18.6. The summed E-state index contributed by atoms with van der Waals surface area (Å²) in [6, 6.07) is 45.0. The minimum absolute atomic E-state index is 0.0567. The Kier molecular flexibility index (Phi) is 12.2. The zero-order chi connectivity index (χ0) is 38.4. The zero-order valence-electron chi connectivity index (χ0n) is 33.6. The third-order valence-corrected chi connectivity index (χ3v) is 10.9. The number of aryl methyl sites for hydroxylation is 6. The zero-order valence-corrected chi connectivity index (χ0v) is 33.6. The first-order valence-corrected chi connectivity index (χ1v) is 19.7. The van der Waals surface area contributed by atoms with Crippen molar-refractivity contribution < 1.29 is 0 Å². The molecule has 6 aromatic rings. The van der Waals surface area contributed by atoms with Crippen LogP contribution in [0.4, 0.5) is 39.8 Å². The molecule has 0 bridgehead atoms. The summed E-state index contributed by atoms with van der Waals surface area (Å²) in [6.07, 6.45) is 4.40. The second-order valence-corrected chi connectivity index (χ2v) is 15.0. The van der Waals surface area contributed by atoms with E-state index in [1.807, 2.05) is 0 Å². The highest BCUT2D eigenvalue weighted by atomic mass is 15.1. The lowest BCUT2D eigenvalue weighted by Crippen LogP contribution is -2.13. The van der Waals surface area contributed by atoms with E-state index in [1.54, 1.807) is 0 Å². The highest BCUT2D eigenvalue weighted by molar-refractivity contribution is 5.84. The fourth-order valence-corrected chi connectivity index (χ4v) is 7.24. The van der Waals surface area contributed by atoms with Gasteiger partial charge in [-0.05, 0) is 189 Å². The second kappa shape index (κ2) is 17.2. The fraction of sp³-hybridized carbons (Fsp3) is 0.280. The van der Waals surface area contributed by atoms with Gasteiger partial charge in [0.2, 0.25) is 0 Å². The number of nitrogens with two attached hydrogens (primary N) is 1. The first kappa shape index (κ1) is 38.4. The monoisotopic (exact) mass is 714 g/mol. The van der Waals surface area contributed by atoms with E-state index in [9.17, 15) is 0 Å². The molecular formula is C50H58N4. The lowest BCUT2D eigenvalue weighted by molar-refractivity contribution is 0.638. The van der Waals surface area contributed by atoms with Gasteiger partial charge in [-0.25, -0.2) is 0 Å². The van der Waals surface area contributed by atoms with Crippen LogP contribution in [0.15, 0.2) is 121 Å². The molecule has 0 saturated carbocycles. The molecule has 0 aliphatic rings. The van der Waals surface area contributed by atoms with Gasteiger partial charge in [0.15, 0.2) is 0 Å². The van der Waals surface area contributed by atoms with Gasteiger partial charge in [-0.2, -0.15) is 0 Å². The molecule has 3 N–H and O–H groups in total. The Morgan fingerprint density at radius 1 is 0.481 bits per heavy atom. The minimum Gasteiger partial charge on any atom is -0.385 e. The minimum atomic E-state index is 0.0567. The van der Waals surface area contributed by atoms with Crippen molar-refractivity contribution in [3.8, 4) is 11.1 Å². The highest BCUT2D eigenvalue weighted by Crippen LogP contribution is 2.42. The third-order valence-electron chi connectivity index (χ3n) is 10.9. The number of nitrogens with zero attached hydrogens (tertiary/aromatic N) is 2. The lowest BCUT2D eigenvalue weighted by Gasteiger charge is -2.29. The van der Waals surface area contributed by atoms with Crippen LogP contribution in [0.1, 0.15) is 84.5 Å². The summed E-state index contributed by atoms with van der Waals surface area (Å²) < 4.78 is 0. The van der Waals surface area contributed by atoms with E-state index >= 15 is 0 Å². The van der Waals surface area contributed by atoms with E-state index < -0.39 is 0 Å². The number of unbranched alkanes of at least 4 members (excludes halogenated alkanes) is 1. The molecule has 4 heteroatoms. The Bertz CT molecular complexity index is 2180. The van der Waals surface area contributed by atoms with Gasteiger partial charge in [-0.1, -0.05) is 63.1 Å². The van der Waals surface area contributed by atoms with Gasteiger partial charge in [-0.3, -0.25) is 0 Å². The van der Waals surface area contributed by atoms with Gasteiger partial charge in [0.1, 0.15) is 0 Å². The molecule has 1 atom stereocenters. The predicted molar refractivity (Wildman–Crippen MR) is 235 cm³/mol. The fourth-order valence-electron chi connectivity index (χ4n) is 7.24. The molecule has 0 radical (unpaired) electrons. The van der Waals surface area contributed by atoms with Crippen LogP contribution < -0.4 is 20.9 Å². The van der Waals surface area contributed by atoms with Crippen LogP contribution in [0.25, 0.3) is 11.1 Å². The van der Waals surface area contributed by atoms with Gasteiger partial charge in [0.25, 0.3) is 0 Å². The van der Waals surface area contributed by atoms with Crippen molar-refractivity contribution in [3.05, 3.63) is 160 Å². The van der Waals surface area contributed by atoms with E-state index in [4.69, 9.17) is 5.73 Å². The molecule has 1 unspecified atom stereocenters. The molecule has 0 aromatic heterocycles.